The summed E-state index contributed by atoms with van der Waals surface area (Å²) in [5.41, 5.74) is 1.83. The van der Waals surface area contributed by atoms with Crippen molar-refractivity contribution in [2.75, 3.05) is 39.2 Å². The second kappa shape index (κ2) is 9.48. The molecule has 34 heavy (non-hydrogen) atoms. The number of fused-ring (bicyclic) bond motifs is 3. The first-order valence-electron chi connectivity index (χ1n) is 11.5. The molecule has 2 unspecified atom stereocenters. The molecule has 0 bridgehead atoms. The average Bonchev–Trinajstić information content (AvgIpc) is 3.37. The van der Waals surface area contributed by atoms with E-state index in [0.717, 1.165) is 25.1 Å². The van der Waals surface area contributed by atoms with Crippen LogP contribution in [0.4, 0.5) is 19.0 Å². The lowest BCUT2D eigenvalue weighted by Crippen LogP contribution is -2.26. The zero-order valence-electron chi connectivity index (χ0n) is 19.8. The second-order valence-electron chi connectivity index (χ2n) is 9.33. The Kier molecular flexibility index (Phi) is 6.80. The van der Waals surface area contributed by atoms with Crippen molar-refractivity contribution in [2.45, 2.75) is 51.4 Å². The van der Waals surface area contributed by atoms with Crippen molar-refractivity contribution >= 4 is 22.7 Å². The molecule has 7 nitrogen and oxygen atoms in total. The van der Waals surface area contributed by atoms with E-state index in [1.54, 1.807) is 12.1 Å². The monoisotopic (exact) mass is 481 g/mol. The maximum Gasteiger partial charge on any atom is 0.490 e. The van der Waals surface area contributed by atoms with E-state index in [1.807, 2.05) is 13.8 Å². The summed E-state index contributed by atoms with van der Waals surface area (Å²) in [4.78, 5) is 18.6. The maximum absolute atomic E-state index is 12.9. The van der Waals surface area contributed by atoms with Crippen LogP contribution in [0.3, 0.4) is 0 Å². The number of benzene rings is 1. The second-order valence-corrected chi connectivity index (χ2v) is 9.33. The summed E-state index contributed by atoms with van der Waals surface area (Å²) in [6.45, 7) is 6.42. The van der Waals surface area contributed by atoms with Crippen LogP contribution < -0.4 is 14.8 Å². The van der Waals surface area contributed by atoms with Crippen molar-refractivity contribution < 1.29 is 32.2 Å². The van der Waals surface area contributed by atoms with Crippen molar-refractivity contribution in [2.24, 2.45) is 5.92 Å². The molecule has 1 aromatic carbocycles. The van der Waals surface area contributed by atoms with E-state index in [4.69, 9.17) is 19.2 Å². The van der Waals surface area contributed by atoms with Crippen molar-refractivity contribution in [1.82, 2.24) is 9.88 Å². The fourth-order valence-corrected chi connectivity index (χ4v) is 4.73. The van der Waals surface area contributed by atoms with Gasteiger partial charge < -0.3 is 24.4 Å². The molecule has 1 fully saturated rings. The van der Waals surface area contributed by atoms with Gasteiger partial charge in [-0.2, -0.15) is 13.2 Å². The molecule has 0 saturated carbocycles. The smallest absolute Gasteiger partial charge is 0.490 e. The molecule has 0 amide bonds. The van der Waals surface area contributed by atoms with Crippen LogP contribution in [0.5, 0.6) is 11.5 Å². The van der Waals surface area contributed by atoms with Gasteiger partial charge in [-0.1, -0.05) is 0 Å². The van der Waals surface area contributed by atoms with E-state index in [1.165, 1.54) is 7.11 Å². The van der Waals surface area contributed by atoms with Crippen molar-refractivity contribution in [1.29, 1.82) is 0 Å². The molecule has 10 heteroatoms. The van der Waals surface area contributed by atoms with Gasteiger partial charge in [0.1, 0.15) is 11.9 Å². The number of alkyl halides is 3. The standard InChI is InChI=1S/C24H30F3N3O4/c1-13(2)28-22-15-5-6-18(34-23(31)24(25,26)27)21(15)16-9-19(32-4)20(10-17(16)29-22)33-12-14-7-8-30(3)11-14/h9-10,13-14,18H,5-8,11-12H2,1-4H3,(H,28,29). The van der Waals surface area contributed by atoms with Crippen LogP contribution >= 0.6 is 0 Å². The maximum atomic E-state index is 12.9. The Hall–Kier alpha value is -2.75. The van der Waals surface area contributed by atoms with Crippen LogP contribution in [0.1, 0.15) is 43.9 Å². The van der Waals surface area contributed by atoms with Crippen molar-refractivity contribution in [3.05, 3.63) is 23.3 Å². The first kappa shape index (κ1) is 24.4. The molecule has 2 aromatic rings. The molecule has 1 saturated heterocycles. The number of methoxy groups -OCH3 is 1. The average molecular weight is 482 g/mol. The number of carbonyl (C=O) groups is 1. The zero-order valence-corrected chi connectivity index (χ0v) is 19.8. The first-order chi connectivity index (χ1) is 16.1. The number of rotatable bonds is 7. The minimum absolute atomic E-state index is 0.0548. The van der Waals surface area contributed by atoms with Gasteiger partial charge in [0.05, 0.1) is 19.2 Å². The normalized spacial score (nSPS) is 20.6. The minimum atomic E-state index is -5.06. The minimum Gasteiger partial charge on any atom is -0.493 e. The summed E-state index contributed by atoms with van der Waals surface area (Å²) >= 11 is 0. The van der Waals surface area contributed by atoms with Gasteiger partial charge in [-0.25, -0.2) is 9.78 Å². The first-order valence-corrected chi connectivity index (χ1v) is 11.5. The van der Waals surface area contributed by atoms with Crippen LogP contribution in [-0.4, -0.2) is 61.9 Å². The summed E-state index contributed by atoms with van der Waals surface area (Å²) in [7, 11) is 3.59. The highest BCUT2D eigenvalue weighted by Crippen LogP contribution is 2.45. The Labute approximate surface area is 196 Å². The van der Waals surface area contributed by atoms with Crippen molar-refractivity contribution in [3.63, 3.8) is 0 Å². The fourth-order valence-electron chi connectivity index (χ4n) is 4.73. The summed E-state index contributed by atoms with van der Waals surface area (Å²) in [5, 5.41) is 3.87. The number of anilines is 1. The molecular weight excluding hydrogens is 451 g/mol. The van der Waals surface area contributed by atoms with Crippen LogP contribution in [0.25, 0.3) is 10.9 Å². The highest BCUT2D eigenvalue weighted by Gasteiger charge is 2.44. The molecule has 1 aliphatic heterocycles. The third kappa shape index (κ3) is 5.01. The van der Waals surface area contributed by atoms with Gasteiger partial charge in [-0.3, -0.25) is 0 Å². The van der Waals surface area contributed by atoms with Gasteiger partial charge in [-0.05, 0) is 52.8 Å². The van der Waals surface area contributed by atoms with Gasteiger partial charge in [0, 0.05) is 41.1 Å². The third-order valence-corrected chi connectivity index (χ3v) is 6.26. The molecule has 2 atom stereocenters. The summed E-state index contributed by atoms with van der Waals surface area (Å²) in [5.74, 6) is -0.226. The molecule has 0 radical (unpaired) electrons. The van der Waals surface area contributed by atoms with E-state index in [-0.39, 0.29) is 12.5 Å². The Morgan fingerprint density at radius 3 is 2.65 bits per heavy atom. The number of hydrogen-bond donors (Lipinski definition) is 1. The Bertz CT molecular complexity index is 1070. The van der Waals surface area contributed by atoms with Crippen LogP contribution in [-0.2, 0) is 16.0 Å². The van der Waals surface area contributed by atoms with E-state index >= 15 is 0 Å². The number of esters is 1. The number of pyridine rings is 1. The highest BCUT2D eigenvalue weighted by atomic mass is 19.4. The predicted octanol–water partition coefficient (Wildman–Crippen LogP) is 4.49. The lowest BCUT2D eigenvalue weighted by Gasteiger charge is -2.20. The largest absolute Gasteiger partial charge is 0.493 e. The predicted molar refractivity (Wildman–Crippen MR) is 121 cm³/mol. The summed E-state index contributed by atoms with van der Waals surface area (Å²) < 4.78 is 55.3. The Morgan fingerprint density at radius 2 is 2.03 bits per heavy atom. The van der Waals surface area contributed by atoms with Gasteiger partial charge in [0.15, 0.2) is 11.5 Å². The van der Waals surface area contributed by atoms with E-state index in [9.17, 15) is 18.0 Å². The number of aromatic nitrogens is 1. The number of nitrogens with one attached hydrogen (secondary N) is 1. The number of ether oxygens (including phenoxy) is 3. The van der Waals surface area contributed by atoms with Gasteiger partial charge in [0.2, 0.25) is 0 Å². The molecule has 1 aromatic heterocycles. The van der Waals surface area contributed by atoms with Crippen molar-refractivity contribution in [3.8, 4) is 11.5 Å². The van der Waals surface area contributed by atoms with Gasteiger partial charge >= 0.3 is 12.1 Å². The molecular formula is C24H30F3N3O4. The number of halogens is 3. The third-order valence-electron chi connectivity index (χ3n) is 6.26. The number of carbonyl (C=O) groups excluding carboxylic acids is 1. The Morgan fingerprint density at radius 1 is 1.26 bits per heavy atom. The number of nitrogens with zero attached hydrogens (tertiary/aromatic N) is 2. The van der Waals surface area contributed by atoms with E-state index < -0.39 is 18.2 Å². The number of hydrogen-bond acceptors (Lipinski definition) is 7. The molecule has 1 N–H and O–H groups in total. The summed E-state index contributed by atoms with van der Waals surface area (Å²) in [6.07, 6.45) is -4.34. The van der Waals surface area contributed by atoms with Crippen LogP contribution in [0.2, 0.25) is 0 Å². The molecule has 4 rings (SSSR count). The topological polar surface area (TPSA) is 72.9 Å². The van der Waals surface area contributed by atoms with Gasteiger partial charge in [-0.15, -0.1) is 0 Å². The van der Waals surface area contributed by atoms with Crippen LogP contribution in [0.15, 0.2) is 12.1 Å². The molecule has 1 aliphatic carbocycles. The van der Waals surface area contributed by atoms with E-state index in [0.29, 0.717) is 52.7 Å². The lowest BCUT2D eigenvalue weighted by atomic mass is 10.0. The summed E-state index contributed by atoms with van der Waals surface area (Å²) in [6, 6.07) is 3.52. The molecule has 2 aliphatic rings. The zero-order chi connectivity index (χ0) is 24.6. The lowest BCUT2D eigenvalue weighted by molar-refractivity contribution is -0.205. The SMILES string of the molecule is COc1cc2c3c(c(NC(C)C)nc2cc1OCC1CCN(C)C1)CCC3OC(=O)C(F)(F)F. The Balaban J connectivity index is 1.74. The van der Waals surface area contributed by atoms with Gasteiger partial charge in [0.25, 0.3) is 0 Å². The highest BCUT2D eigenvalue weighted by molar-refractivity contribution is 5.90. The molecule has 2 heterocycles. The molecule has 186 valence electrons. The van der Waals surface area contributed by atoms with Crippen LogP contribution in [0, 0.1) is 5.92 Å². The van der Waals surface area contributed by atoms with E-state index in [2.05, 4.69) is 17.3 Å². The quantitative estimate of drug-likeness (QED) is 0.585. The number of likely N-dealkylation sites (tertiary alicyclic amines) is 1. The molecule has 0 spiro atoms. The fraction of sp³-hybridized carbons (Fsp3) is 0.583.